The van der Waals surface area contributed by atoms with E-state index in [9.17, 15) is 13.6 Å². The molecule has 0 fully saturated rings. The van der Waals surface area contributed by atoms with E-state index in [0.717, 1.165) is 8.04 Å². The third-order valence-corrected chi connectivity index (χ3v) is 3.72. The molecule has 0 saturated carbocycles. The quantitative estimate of drug-likeness (QED) is 0.790. The summed E-state index contributed by atoms with van der Waals surface area (Å²) in [4.78, 5) is 10.6. The number of alkyl halides is 2. The van der Waals surface area contributed by atoms with Crippen LogP contribution in [-0.2, 0) is 4.79 Å². The van der Waals surface area contributed by atoms with Gasteiger partial charge >= 0.3 is 6.43 Å². The van der Waals surface area contributed by atoms with Crippen LogP contribution in [0.5, 0.6) is 0 Å². The topological polar surface area (TPSA) is 29.1 Å². The Morgan fingerprint density at radius 1 is 1.50 bits per heavy atom. The molecule has 0 bridgehead atoms. The molecule has 0 unspecified atom stereocenters. The number of amides is 1. The van der Waals surface area contributed by atoms with Crippen molar-refractivity contribution >= 4 is 50.1 Å². The van der Waals surface area contributed by atoms with Crippen LogP contribution in [0.2, 0.25) is 0 Å². The molecule has 14 heavy (non-hydrogen) atoms. The molecule has 0 aliphatic heterocycles. The van der Waals surface area contributed by atoms with Gasteiger partial charge in [-0.3, -0.25) is 4.79 Å². The summed E-state index contributed by atoms with van der Waals surface area (Å²) in [5.74, 6) is -1.29. The van der Waals surface area contributed by atoms with Crippen LogP contribution in [0, 0.1) is 3.57 Å². The highest BCUT2D eigenvalue weighted by Crippen LogP contribution is 2.23. The molecule has 1 N–H and O–H groups in total. The molecule has 1 aromatic carbocycles. The van der Waals surface area contributed by atoms with Crippen molar-refractivity contribution in [2.24, 2.45) is 0 Å². The van der Waals surface area contributed by atoms with E-state index in [2.05, 4.69) is 43.8 Å². The minimum absolute atomic E-state index is 0.350. The van der Waals surface area contributed by atoms with Gasteiger partial charge in [-0.2, -0.15) is 8.78 Å². The molecule has 1 aromatic rings. The maximum Gasteiger partial charge on any atom is 0.315 e. The van der Waals surface area contributed by atoms with E-state index in [-0.39, 0.29) is 0 Å². The maximum atomic E-state index is 11.9. The second kappa shape index (κ2) is 5.01. The summed E-state index contributed by atoms with van der Waals surface area (Å²) in [5, 5.41) is 2.09. The second-order valence-electron chi connectivity index (χ2n) is 2.42. The number of benzene rings is 1. The molecular weight excluding hydrogens is 371 g/mol. The molecule has 0 atom stereocenters. The lowest BCUT2D eigenvalue weighted by Gasteiger charge is -2.05. The number of hydrogen-bond acceptors (Lipinski definition) is 1. The molecule has 0 aliphatic carbocycles. The van der Waals surface area contributed by atoms with E-state index in [1.54, 1.807) is 18.2 Å². The van der Waals surface area contributed by atoms with Gasteiger partial charge in [0.2, 0.25) is 0 Å². The SMILES string of the molecule is O=C(Nc1ccc(I)c(Br)c1)C(F)F. The molecule has 1 rings (SSSR count). The number of nitrogens with one attached hydrogen (secondary N) is 1. The first-order valence-electron chi connectivity index (χ1n) is 3.55. The van der Waals surface area contributed by atoms with E-state index in [0.29, 0.717) is 5.69 Å². The van der Waals surface area contributed by atoms with Crippen molar-refractivity contribution < 1.29 is 13.6 Å². The van der Waals surface area contributed by atoms with Crippen LogP contribution in [0.4, 0.5) is 14.5 Å². The van der Waals surface area contributed by atoms with Crippen LogP contribution >= 0.6 is 38.5 Å². The van der Waals surface area contributed by atoms with Crippen LogP contribution < -0.4 is 5.32 Å². The smallest absolute Gasteiger partial charge is 0.315 e. The summed E-state index contributed by atoms with van der Waals surface area (Å²) in [6, 6.07) is 4.85. The fourth-order valence-electron chi connectivity index (χ4n) is 0.771. The molecular formula is C8H5BrF2INO. The Balaban J connectivity index is 2.78. The largest absolute Gasteiger partial charge is 0.321 e. The average Bonchev–Trinajstić information content (AvgIpc) is 2.11. The molecule has 0 radical (unpaired) electrons. The Morgan fingerprint density at radius 2 is 2.14 bits per heavy atom. The molecule has 0 spiro atoms. The van der Waals surface area contributed by atoms with Gasteiger partial charge < -0.3 is 5.32 Å². The highest BCUT2D eigenvalue weighted by molar-refractivity contribution is 14.1. The minimum atomic E-state index is -2.99. The van der Waals surface area contributed by atoms with Crippen molar-refractivity contribution in [2.45, 2.75) is 6.43 Å². The molecule has 6 heteroatoms. The summed E-state index contributed by atoms with van der Waals surface area (Å²) >= 11 is 5.31. The Labute approximate surface area is 101 Å². The van der Waals surface area contributed by atoms with E-state index < -0.39 is 12.3 Å². The number of halogens is 4. The van der Waals surface area contributed by atoms with Crippen LogP contribution in [0.25, 0.3) is 0 Å². The summed E-state index contributed by atoms with van der Waals surface area (Å²) < 4.78 is 25.4. The molecule has 1 amide bonds. The Bertz CT molecular complexity index is 359. The predicted molar refractivity (Wildman–Crippen MR) is 61.5 cm³/mol. The van der Waals surface area contributed by atoms with Gasteiger partial charge in [0.15, 0.2) is 0 Å². The minimum Gasteiger partial charge on any atom is -0.321 e. The summed E-state index contributed by atoms with van der Waals surface area (Å²) in [6.45, 7) is 0. The Kier molecular flexibility index (Phi) is 4.24. The zero-order valence-electron chi connectivity index (χ0n) is 6.73. The van der Waals surface area contributed by atoms with Crippen LogP contribution in [0.3, 0.4) is 0 Å². The lowest BCUT2D eigenvalue weighted by atomic mass is 10.3. The van der Waals surface area contributed by atoms with Gasteiger partial charge in [0.1, 0.15) is 0 Å². The van der Waals surface area contributed by atoms with Gasteiger partial charge in [0.05, 0.1) is 0 Å². The Hall–Kier alpha value is -0.240. The maximum absolute atomic E-state index is 11.9. The van der Waals surface area contributed by atoms with Crippen molar-refractivity contribution in [2.75, 3.05) is 5.32 Å². The predicted octanol–water partition coefficient (Wildman–Crippen LogP) is 3.26. The second-order valence-corrected chi connectivity index (χ2v) is 4.44. The van der Waals surface area contributed by atoms with Gasteiger partial charge in [-0.05, 0) is 56.7 Å². The van der Waals surface area contributed by atoms with E-state index in [4.69, 9.17) is 0 Å². The normalized spacial score (nSPS) is 10.4. The molecule has 76 valence electrons. The molecule has 2 nitrogen and oxygen atoms in total. The Morgan fingerprint density at radius 3 is 2.64 bits per heavy atom. The fraction of sp³-hybridized carbons (Fsp3) is 0.125. The first kappa shape index (κ1) is 11.8. The van der Waals surface area contributed by atoms with Crippen LogP contribution in [0.1, 0.15) is 0 Å². The molecule has 0 aliphatic rings. The van der Waals surface area contributed by atoms with Gasteiger partial charge in [0.25, 0.3) is 5.91 Å². The summed E-state index contributed by atoms with van der Waals surface area (Å²) in [5.41, 5.74) is 0.350. The number of hydrogen-bond donors (Lipinski definition) is 1. The molecule has 0 saturated heterocycles. The summed E-state index contributed by atoms with van der Waals surface area (Å²) in [7, 11) is 0. The van der Waals surface area contributed by atoms with Gasteiger partial charge in [-0.15, -0.1) is 0 Å². The lowest BCUT2D eigenvalue weighted by molar-refractivity contribution is -0.126. The third kappa shape index (κ3) is 3.16. The lowest BCUT2D eigenvalue weighted by Crippen LogP contribution is -2.19. The first-order chi connectivity index (χ1) is 6.50. The summed E-state index contributed by atoms with van der Waals surface area (Å²) in [6.07, 6.45) is -2.99. The van der Waals surface area contributed by atoms with Crippen molar-refractivity contribution in [3.05, 3.63) is 26.2 Å². The average molecular weight is 376 g/mol. The number of rotatable bonds is 2. The molecule has 0 heterocycles. The van der Waals surface area contributed by atoms with Gasteiger partial charge in [0, 0.05) is 13.7 Å². The zero-order chi connectivity index (χ0) is 10.7. The van der Waals surface area contributed by atoms with Crippen LogP contribution in [-0.4, -0.2) is 12.3 Å². The highest BCUT2D eigenvalue weighted by atomic mass is 127. The van der Waals surface area contributed by atoms with Crippen molar-refractivity contribution in [1.82, 2.24) is 0 Å². The van der Waals surface area contributed by atoms with Crippen molar-refractivity contribution in [3.8, 4) is 0 Å². The van der Waals surface area contributed by atoms with Crippen LogP contribution in [0.15, 0.2) is 22.7 Å². The number of carbonyl (C=O) groups is 1. The number of carbonyl (C=O) groups excluding carboxylic acids is 1. The zero-order valence-corrected chi connectivity index (χ0v) is 10.5. The van der Waals surface area contributed by atoms with Gasteiger partial charge in [-0.1, -0.05) is 0 Å². The number of anilines is 1. The van der Waals surface area contributed by atoms with E-state index >= 15 is 0 Å². The highest BCUT2D eigenvalue weighted by Gasteiger charge is 2.14. The fourth-order valence-corrected chi connectivity index (χ4v) is 1.48. The van der Waals surface area contributed by atoms with E-state index in [1.165, 1.54) is 0 Å². The van der Waals surface area contributed by atoms with Crippen molar-refractivity contribution in [3.63, 3.8) is 0 Å². The standard InChI is InChI=1S/C8H5BrF2INO/c9-5-3-4(1-2-6(5)12)13-8(14)7(10)11/h1-3,7H,(H,13,14). The first-order valence-corrected chi connectivity index (χ1v) is 5.42. The molecule has 0 aromatic heterocycles. The van der Waals surface area contributed by atoms with Crippen molar-refractivity contribution in [1.29, 1.82) is 0 Å². The van der Waals surface area contributed by atoms with E-state index in [1.807, 2.05) is 0 Å². The third-order valence-electron chi connectivity index (χ3n) is 1.39. The van der Waals surface area contributed by atoms with Gasteiger partial charge in [-0.25, -0.2) is 0 Å². The monoisotopic (exact) mass is 375 g/mol.